The highest BCUT2D eigenvalue weighted by Crippen LogP contribution is 2.71. The van der Waals surface area contributed by atoms with E-state index in [1.165, 1.54) is 19.1 Å². The van der Waals surface area contributed by atoms with E-state index in [1.54, 1.807) is 34.6 Å². The number of allylic oxidation sites excluding steroid dienone is 4. The summed E-state index contributed by atoms with van der Waals surface area (Å²) in [5.41, 5.74) is -6.26. The average molecular weight is 527 g/mol. The number of hydrogen-bond acceptors (Lipinski definition) is 7. The lowest BCUT2D eigenvalue weighted by Crippen LogP contribution is -2.70. The molecule has 4 aliphatic rings. The van der Waals surface area contributed by atoms with E-state index < -0.39 is 76.0 Å². The maximum Gasteiger partial charge on any atom is 0.512 e. The van der Waals surface area contributed by atoms with Gasteiger partial charge in [0, 0.05) is 17.3 Å². The van der Waals surface area contributed by atoms with Gasteiger partial charge in [0.15, 0.2) is 11.5 Å². The number of aliphatic hydroxyl groups is 1. The van der Waals surface area contributed by atoms with Crippen LogP contribution in [0, 0.1) is 28.6 Å². The van der Waals surface area contributed by atoms with Gasteiger partial charge in [-0.1, -0.05) is 26.8 Å². The molecule has 8 nitrogen and oxygen atoms in total. The number of fused-ring (bicyclic) bond motifs is 5. The quantitative estimate of drug-likeness (QED) is 0.375. The summed E-state index contributed by atoms with van der Waals surface area (Å²) in [5.74, 6) is -5.10. The first kappa shape index (κ1) is 27.5. The summed E-state index contributed by atoms with van der Waals surface area (Å²) in [6.45, 7) is 9.83. The van der Waals surface area contributed by atoms with Crippen LogP contribution in [0.2, 0.25) is 0 Å². The van der Waals surface area contributed by atoms with Crippen molar-refractivity contribution in [3.8, 4) is 0 Å². The summed E-state index contributed by atoms with van der Waals surface area (Å²) in [6.07, 6.45) is -2.62. The number of aliphatic hydroxyl groups excluding tert-OH is 1. The van der Waals surface area contributed by atoms with Crippen molar-refractivity contribution in [2.75, 3.05) is 0 Å². The van der Waals surface area contributed by atoms with Gasteiger partial charge in [0.1, 0.15) is 11.8 Å². The van der Waals surface area contributed by atoms with Crippen LogP contribution in [-0.4, -0.2) is 57.6 Å². The van der Waals surface area contributed by atoms with Crippen molar-refractivity contribution in [2.45, 2.75) is 96.6 Å². The first-order chi connectivity index (χ1) is 17.0. The topological polar surface area (TPSA) is 119 Å². The Bertz CT molecular complexity index is 1070. The molecule has 0 amide bonds. The lowest BCUT2D eigenvalue weighted by molar-refractivity contribution is -0.296. The number of alkyl halides is 2. The minimum atomic E-state index is -2.35. The first-order valence-electron chi connectivity index (χ1n) is 12.8. The molecule has 0 spiro atoms. The second-order valence-electron chi connectivity index (χ2n) is 12.1. The standard InChI is InChI=1S/C27H36F2O8/c1-7-23(3,4)36-22(34)37-27(35-21(32)33)14(2)10-16-17-12-19(28)18-11-15(30)8-9-24(18,5)26(17,29)20(31)13-25(16,27)6/h8-9,11,14,16-17,19-20,31H,7,10,12-13H2,1-6H3,(H,32,33)/t14-,16+,17+,19+,20+,24+,25+,26?,27+/m1/s1. The van der Waals surface area contributed by atoms with E-state index in [4.69, 9.17) is 14.2 Å². The van der Waals surface area contributed by atoms with Crippen molar-refractivity contribution in [3.63, 3.8) is 0 Å². The minimum absolute atomic E-state index is 0.0119. The third-order valence-electron chi connectivity index (χ3n) is 9.76. The molecule has 3 saturated carbocycles. The fourth-order valence-corrected chi connectivity index (χ4v) is 7.51. The summed E-state index contributed by atoms with van der Waals surface area (Å²) in [4.78, 5) is 36.8. The smallest absolute Gasteiger partial charge is 0.450 e. The molecule has 0 aromatic heterocycles. The third kappa shape index (κ3) is 3.72. The Morgan fingerprint density at radius 3 is 2.43 bits per heavy atom. The Hall–Kier alpha value is -2.49. The number of ketones is 1. The van der Waals surface area contributed by atoms with Gasteiger partial charge < -0.3 is 24.4 Å². The number of ether oxygens (including phenoxy) is 3. The summed E-state index contributed by atoms with van der Waals surface area (Å²) in [5, 5.41) is 21.1. The fraction of sp³-hybridized carbons (Fsp3) is 0.741. The van der Waals surface area contributed by atoms with Crippen molar-refractivity contribution in [1.82, 2.24) is 0 Å². The molecular weight excluding hydrogens is 490 g/mol. The molecule has 4 rings (SSSR count). The van der Waals surface area contributed by atoms with Crippen LogP contribution in [0.4, 0.5) is 18.4 Å². The summed E-state index contributed by atoms with van der Waals surface area (Å²) in [7, 11) is 0. The van der Waals surface area contributed by atoms with E-state index >= 15 is 8.78 Å². The number of hydrogen-bond donors (Lipinski definition) is 2. The first-order valence-corrected chi connectivity index (χ1v) is 12.8. The van der Waals surface area contributed by atoms with Gasteiger partial charge in [-0.25, -0.2) is 18.4 Å². The minimum Gasteiger partial charge on any atom is -0.450 e. The van der Waals surface area contributed by atoms with Crippen LogP contribution in [0.5, 0.6) is 0 Å². The van der Waals surface area contributed by atoms with Crippen LogP contribution in [0.1, 0.15) is 67.2 Å². The van der Waals surface area contributed by atoms with Gasteiger partial charge in [0.05, 0.1) is 11.5 Å². The third-order valence-corrected chi connectivity index (χ3v) is 9.76. The monoisotopic (exact) mass is 526 g/mol. The number of rotatable bonds is 4. The SMILES string of the molecule is CCC(C)(C)OC(=O)O[C@@]1(OC(=O)O)[C@H](C)C[C@H]2[C@@H]3C[C@H](F)C4=CC(=O)C=C[C@]4(C)C3(F)[C@@H](O)C[C@@]21C. The zero-order valence-corrected chi connectivity index (χ0v) is 22.0. The molecule has 1 unspecified atom stereocenters. The average Bonchev–Trinajstić information content (AvgIpc) is 2.97. The van der Waals surface area contributed by atoms with Crippen LogP contribution >= 0.6 is 0 Å². The molecule has 4 aliphatic carbocycles. The van der Waals surface area contributed by atoms with Crippen LogP contribution in [0.25, 0.3) is 0 Å². The van der Waals surface area contributed by atoms with Gasteiger partial charge in [-0.05, 0) is 70.1 Å². The van der Waals surface area contributed by atoms with E-state index in [0.717, 1.165) is 6.08 Å². The zero-order valence-electron chi connectivity index (χ0n) is 22.0. The Balaban J connectivity index is 1.80. The van der Waals surface area contributed by atoms with Crippen molar-refractivity contribution >= 4 is 18.1 Å². The van der Waals surface area contributed by atoms with Gasteiger partial charge in [-0.2, -0.15) is 0 Å². The molecule has 9 atom stereocenters. The van der Waals surface area contributed by atoms with Crippen LogP contribution < -0.4 is 0 Å². The molecule has 206 valence electrons. The lowest BCUT2D eigenvalue weighted by atomic mass is 9.45. The van der Waals surface area contributed by atoms with E-state index in [-0.39, 0.29) is 24.8 Å². The van der Waals surface area contributed by atoms with E-state index in [2.05, 4.69) is 0 Å². The molecule has 0 heterocycles. The second-order valence-corrected chi connectivity index (χ2v) is 12.1. The van der Waals surface area contributed by atoms with Gasteiger partial charge >= 0.3 is 12.3 Å². The van der Waals surface area contributed by atoms with Gasteiger partial charge in [0.2, 0.25) is 0 Å². The van der Waals surface area contributed by atoms with Crippen molar-refractivity contribution in [1.29, 1.82) is 0 Å². The normalized spacial score (nSPS) is 44.7. The molecule has 0 radical (unpaired) electrons. The number of carbonyl (C=O) groups excluding carboxylic acids is 2. The Labute approximate surface area is 215 Å². The van der Waals surface area contributed by atoms with Crippen molar-refractivity contribution in [2.24, 2.45) is 28.6 Å². The van der Waals surface area contributed by atoms with Crippen molar-refractivity contribution < 1.29 is 47.6 Å². The molecule has 2 N–H and O–H groups in total. The zero-order chi connectivity index (χ0) is 27.8. The Kier molecular flexibility index (Phi) is 6.34. The van der Waals surface area contributed by atoms with Crippen LogP contribution in [0.3, 0.4) is 0 Å². The molecule has 0 aromatic carbocycles. The number of carbonyl (C=O) groups is 3. The predicted molar refractivity (Wildman–Crippen MR) is 127 cm³/mol. The largest absolute Gasteiger partial charge is 0.512 e. The second kappa shape index (κ2) is 8.51. The maximum absolute atomic E-state index is 17.3. The van der Waals surface area contributed by atoms with Crippen LogP contribution in [-0.2, 0) is 19.0 Å². The maximum atomic E-state index is 17.3. The molecule has 0 saturated heterocycles. The van der Waals surface area contributed by atoms with Gasteiger partial charge in [0.25, 0.3) is 5.79 Å². The molecule has 10 heteroatoms. The molecule has 37 heavy (non-hydrogen) atoms. The summed E-state index contributed by atoms with van der Waals surface area (Å²) >= 11 is 0. The van der Waals surface area contributed by atoms with Crippen LogP contribution in [0.15, 0.2) is 23.8 Å². The summed E-state index contributed by atoms with van der Waals surface area (Å²) < 4.78 is 49.3. The summed E-state index contributed by atoms with van der Waals surface area (Å²) in [6, 6.07) is 0. The number of carboxylic acid groups (broad SMARTS) is 1. The lowest BCUT2D eigenvalue weighted by Gasteiger charge is -2.62. The Morgan fingerprint density at radius 2 is 1.84 bits per heavy atom. The molecule has 0 aliphatic heterocycles. The van der Waals surface area contributed by atoms with E-state index in [9.17, 15) is 24.6 Å². The van der Waals surface area contributed by atoms with Crippen molar-refractivity contribution in [3.05, 3.63) is 23.8 Å². The highest BCUT2D eigenvalue weighted by molar-refractivity contribution is 6.01. The van der Waals surface area contributed by atoms with E-state index in [0.29, 0.717) is 6.42 Å². The molecule has 0 aromatic rings. The molecule has 0 bridgehead atoms. The Morgan fingerprint density at radius 1 is 1.19 bits per heavy atom. The highest BCUT2D eigenvalue weighted by atomic mass is 19.1. The van der Waals surface area contributed by atoms with E-state index in [1.807, 2.05) is 0 Å². The van der Waals surface area contributed by atoms with Gasteiger partial charge in [-0.15, -0.1) is 0 Å². The highest BCUT2D eigenvalue weighted by Gasteiger charge is 2.78. The fourth-order valence-electron chi connectivity index (χ4n) is 7.51. The molecule has 3 fully saturated rings. The van der Waals surface area contributed by atoms with Gasteiger partial charge in [-0.3, -0.25) is 4.79 Å². The predicted octanol–water partition coefficient (Wildman–Crippen LogP) is 5.28. The molecular formula is C27H36F2O8. The number of halogens is 2.